The molecule has 0 aliphatic heterocycles. The van der Waals surface area contributed by atoms with Crippen molar-refractivity contribution in [1.82, 2.24) is 5.32 Å². The van der Waals surface area contributed by atoms with Gasteiger partial charge in [-0.05, 0) is 35.2 Å². The van der Waals surface area contributed by atoms with Gasteiger partial charge in [-0.3, -0.25) is 9.59 Å². The van der Waals surface area contributed by atoms with Gasteiger partial charge in [0.2, 0.25) is 5.91 Å². The van der Waals surface area contributed by atoms with E-state index < -0.39 is 5.97 Å². The van der Waals surface area contributed by atoms with E-state index in [2.05, 4.69) is 22.8 Å². The molecule has 0 saturated heterocycles. The number of carboxylic acids is 1. The molecule has 0 aliphatic rings. The van der Waals surface area contributed by atoms with Gasteiger partial charge in [-0.15, -0.1) is 11.3 Å². The maximum absolute atomic E-state index is 12.0. The SMILES string of the molecule is O=C(O)CCCCCCCNC(=O)Cc1csc2ccccc12. The smallest absolute Gasteiger partial charge is 0.303 e. The number of benzene rings is 1. The third kappa shape index (κ3) is 6.02. The molecule has 1 heterocycles. The van der Waals surface area contributed by atoms with Gasteiger partial charge < -0.3 is 10.4 Å². The van der Waals surface area contributed by atoms with Gasteiger partial charge in [0.1, 0.15) is 0 Å². The Hall–Kier alpha value is -1.88. The number of hydrogen-bond acceptors (Lipinski definition) is 3. The van der Waals surface area contributed by atoms with Gasteiger partial charge in [0.25, 0.3) is 0 Å². The number of hydrogen-bond donors (Lipinski definition) is 2. The molecule has 0 unspecified atom stereocenters. The van der Waals surface area contributed by atoms with E-state index >= 15 is 0 Å². The molecular weight excluding hydrogens is 310 g/mol. The van der Waals surface area contributed by atoms with Crippen molar-refractivity contribution in [3.63, 3.8) is 0 Å². The fraction of sp³-hybridized carbons (Fsp3) is 0.444. The molecule has 2 aromatic rings. The number of nitrogens with one attached hydrogen (secondary N) is 1. The minimum absolute atomic E-state index is 0.0689. The highest BCUT2D eigenvalue weighted by molar-refractivity contribution is 7.17. The normalized spacial score (nSPS) is 10.8. The Kier molecular flexibility index (Phi) is 7.07. The number of carbonyl (C=O) groups is 2. The number of carboxylic acid groups (broad SMARTS) is 1. The Bertz CT molecular complexity index is 651. The third-order valence-corrected chi connectivity index (χ3v) is 4.81. The molecule has 0 radical (unpaired) electrons. The second kappa shape index (κ2) is 9.30. The molecular formula is C18H23NO3S. The minimum Gasteiger partial charge on any atom is -0.481 e. The van der Waals surface area contributed by atoms with E-state index in [1.807, 2.05) is 12.1 Å². The minimum atomic E-state index is -0.724. The Balaban J connectivity index is 1.59. The largest absolute Gasteiger partial charge is 0.481 e. The maximum atomic E-state index is 12.0. The summed E-state index contributed by atoms with van der Waals surface area (Å²) in [5.74, 6) is -0.655. The predicted molar refractivity (Wildman–Crippen MR) is 93.9 cm³/mol. The number of fused-ring (bicyclic) bond motifs is 1. The molecule has 1 aromatic heterocycles. The average molecular weight is 333 g/mol. The van der Waals surface area contributed by atoms with Crippen molar-refractivity contribution in [3.05, 3.63) is 35.2 Å². The van der Waals surface area contributed by atoms with E-state index in [0.717, 1.165) is 37.7 Å². The lowest BCUT2D eigenvalue weighted by atomic mass is 10.1. The van der Waals surface area contributed by atoms with E-state index in [1.54, 1.807) is 11.3 Å². The molecule has 0 bridgehead atoms. The first-order chi connectivity index (χ1) is 11.2. The summed E-state index contributed by atoms with van der Waals surface area (Å²) in [6.45, 7) is 0.694. The highest BCUT2D eigenvalue weighted by atomic mass is 32.1. The van der Waals surface area contributed by atoms with E-state index in [1.165, 1.54) is 10.1 Å². The fourth-order valence-electron chi connectivity index (χ4n) is 2.56. The van der Waals surface area contributed by atoms with Gasteiger partial charge in [-0.2, -0.15) is 0 Å². The fourth-order valence-corrected chi connectivity index (χ4v) is 3.53. The molecule has 23 heavy (non-hydrogen) atoms. The van der Waals surface area contributed by atoms with Gasteiger partial charge >= 0.3 is 5.97 Å². The molecule has 2 N–H and O–H groups in total. The molecule has 0 atom stereocenters. The lowest BCUT2D eigenvalue weighted by Gasteiger charge is -2.05. The number of rotatable bonds is 10. The summed E-state index contributed by atoms with van der Waals surface area (Å²) in [6, 6.07) is 8.15. The number of amides is 1. The first-order valence-electron chi connectivity index (χ1n) is 8.10. The summed E-state index contributed by atoms with van der Waals surface area (Å²) < 4.78 is 1.22. The van der Waals surface area contributed by atoms with Crippen molar-refractivity contribution in [2.24, 2.45) is 0 Å². The van der Waals surface area contributed by atoms with Crippen LogP contribution in [-0.4, -0.2) is 23.5 Å². The zero-order valence-corrected chi connectivity index (χ0v) is 14.0. The highest BCUT2D eigenvalue weighted by Crippen LogP contribution is 2.25. The number of unbranched alkanes of at least 4 members (excludes halogenated alkanes) is 4. The van der Waals surface area contributed by atoms with Crippen LogP contribution in [0, 0.1) is 0 Å². The molecule has 0 spiro atoms. The van der Waals surface area contributed by atoms with Crippen LogP contribution in [0.5, 0.6) is 0 Å². The van der Waals surface area contributed by atoms with Crippen LogP contribution in [0.4, 0.5) is 0 Å². The van der Waals surface area contributed by atoms with Crippen molar-refractivity contribution in [2.75, 3.05) is 6.54 Å². The van der Waals surface area contributed by atoms with Crippen LogP contribution in [0.3, 0.4) is 0 Å². The summed E-state index contributed by atoms with van der Waals surface area (Å²) in [6.07, 6.45) is 5.38. The summed E-state index contributed by atoms with van der Waals surface area (Å²) >= 11 is 1.68. The van der Waals surface area contributed by atoms with E-state index in [0.29, 0.717) is 13.0 Å². The van der Waals surface area contributed by atoms with Crippen LogP contribution in [0.25, 0.3) is 10.1 Å². The first kappa shape index (κ1) is 17.5. The molecule has 2 rings (SSSR count). The van der Waals surface area contributed by atoms with Crippen molar-refractivity contribution < 1.29 is 14.7 Å². The quantitative estimate of drug-likeness (QED) is 0.646. The van der Waals surface area contributed by atoms with Gasteiger partial charge in [-0.25, -0.2) is 0 Å². The summed E-state index contributed by atoms with van der Waals surface area (Å²) in [5, 5.41) is 14.7. The van der Waals surface area contributed by atoms with E-state index in [4.69, 9.17) is 5.11 Å². The molecule has 5 heteroatoms. The Morgan fingerprint density at radius 1 is 1.04 bits per heavy atom. The molecule has 1 aromatic carbocycles. The Morgan fingerprint density at radius 2 is 1.78 bits per heavy atom. The van der Waals surface area contributed by atoms with Crippen LogP contribution in [0.1, 0.15) is 44.1 Å². The number of thiophene rings is 1. The van der Waals surface area contributed by atoms with Gasteiger partial charge in [0, 0.05) is 17.7 Å². The number of carbonyl (C=O) groups excluding carboxylic acids is 1. The van der Waals surface area contributed by atoms with Crippen LogP contribution in [0.2, 0.25) is 0 Å². The maximum Gasteiger partial charge on any atom is 0.303 e. The van der Waals surface area contributed by atoms with Crippen LogP contribution in [-0.2, 0) is 16.0 Å². The Morgan fingerprint density at radius 3 is 2.61 bits per heavy atom. The summed E-state index contributed by atoms with van der Waals surface area (Å²) in [7, 11) is 0. The lowest BCUT2D eigenvalue weighted by molar-refractivity contribution is -0.137. The zero-order chi connectivity index (χ0) is 16.5. The standard InChI is InChI=1S/C18H23NO3S/c20-17(19-11-7-3-1-2-4-10-18(21)22)12-14-13-23-16-9-6-5-8-15(14)16/h5-6,8-9,13H,1-4,7,10-12H2,(H,19,20)(H,21,22). The predicted octanol–water partition coefficient (Wildman–Crippen LogP) is 3.99. The molecule has 0 aliphatic carbocycles. The van der Waals surface area contributed by atoms with Crippen molar-refractivity contribution in [1.29, 1.82) is 0 Å². The van der Waals surface area contributed by atoms with Crippen molar-refractivity contribution in [2.45, 2.75) is 44.9 Å². The van der Waals surface area contributed by atoms with Gasteiger partial charge in [0.05, 0.1) is 6.42 Å². The average Bonchev–Trinajstić information content (AvgIpc) is 2.93. The monoisotopic (exact) mass is 333 g/mol. The molecule has 1 amide bonds. The van der Waals surface area contributed by atoms with Gasteiger partial charge in [0.15, 0.2) is 0 Å². The van der Waals surface area contributed by atoms with Crippen LogP contribution < -0.4 is 5.32 Å². The molecule has 124 valence electrons. The topological polar surface area (TPSA) is 66.4 Å². The second-order valence-corrected chi connectivity index (χ2v) is 6.61. The summed E-state index contributed by atoms with van der Waals surface area (Å²) in [4.78, 5) is 22.4. The first-order valence-corrected chi connectivity index (χ1v) is 8.98. The van der Waals surface area contributed by atoms with E-state index in [9.17, 15) is 9.59 Å². The second-order valence-electron chi connectivity index (χ2n) is 5.70. The zero-order valence-electron chi connectivity index (χ0n) is 13.2. The highest BCUT2D eigenvalue weighted by Gasteiger charge is 2.08. The molecule has 4 nitrogen and oxygen atoms in total. The number of aliphatic carboxylic acids is 1. The van der Waals surface area contributed by atoms with Crippen molar-refractivity contribution >= 4 is 33.3 Å². The summed E-state index contributed by atoms with van der Waals surface area (Å²) in [5.41, 5.74) is 1.09. The van der Waals surface area contributed by atoms with E-state index in [-0.39, 0.29) is 12.3 Å². The van der Waals surface area contributed by atoms with Crippen LogP contribution >= 0.6 is 11.3 Å². The van der Waals surface area contributed by atoms with Crippen molar-refractivity contribution in [3.8, 4) is 0 Å². The Labute approximate surface area is 140 Å². The molecule has 0 saturated carbocycles. The lowest BCUT2D eigenvalue weighted by Crippen LogP contribution is -2.25. The van der Waals surface area contributed by atoms with Crippen LogP contribution in [0.15, 0.2) is 29.6 Å². The third-order valence-electron chi connectivity index (χ3n) is 3.80. The van der Waals surface area contributed by atoms with Gasteiger partial charge in [-0.1, -0.05) is 37.5 Å². The molecule has 0 fully saturated rings.